The Bertz CT molecular complexity index is 907. The molecule has 0 amide bonds. The number of halogens is 3. The number of benzene rings is 3. The maximum absolute atomic E-state index is 6.13. The molecule has 6 heteroatoms. The number of nitrogens with one attached hydrogen (secondary N) is 1. The van der Waals surface area contributed by atoms with Gasteiger partial charge in [-0.3, -0.25) is 0 Å². The Balaban J connectivity index is 1.51. The van der Waals surface area contributed by atoms with Gasteiger partial charge in [0.05, 0.1) is 12.8 Å². The number of hydrazone groups is 1. The summed E-state index contributed by atoms with van der Waals surface area (Å²) in [5.74, 6) is 0.767. The van der Waals surface area contributed by atoms with Crippen LogP contribution in [0.15, 0.2) is 71.8 Å². The van der Waals surface area contributed by atoms with Gasteiger partial charge >= 0.3 is 0 Å². The second kappa shape index (κ2) is 9.65. The quantitative estimate of drug-likeness (QED) is 0.357. The summed E-state index contributed by atoms with van der Waals surface area (Å²) < 4.78 is 5.76. The molecule has 0 radical (unpaired) electrons. The van der Waals surface area contributed by atoms with Gasteiger partial charge in [0.2, 0.25) is 0 Å². The van der Waals surface area contributed by atoms with Crippen molar-refractivity contribution in [1.29, 1.82) is 0 Å². The summed E-state index contributed by atoms with van der Waals surface area (Å²) in [6.07, 6.45) is 1.72. The van der Waals surface area contributed by atoms with E-state index in [1.54, 1.807) is 18.3 Å². The SMILES string of the molecule is Clc1ccccc1COc1ccc(/C=N/NCc2c(Cl)cccc2Cl)cc1. The molecule has 0 bridgehead atoms. The molecule has 0 aliphatic carbocycles. The Hall–Kier alpha value is -2.20. The molecule has 0 fully saturated rings. The molecule has 0 unspecified atom stereocenters. The average molecular weight is 420 g/mol. The molecule has 138 valence electrons. The second-order valence-corrected chi connectivity index (χ2v) is 6.96. The van der Waals surface area contributed by atoms with Crippen LogP contribution < -0.4 is 10.2 Å². The van der Waals surface area contributed by atoms with Crippen LogP contribution in [0.5, 0.6) is 5.75 Å². The number of rotatable bonds is 7. The van der Waals surface area contributed by atoms with Gasteiger partial charge in [-0.05, 0) is 48.0 Å². The van der Waals surface area contributed by atoms with Gasteiger partial charge < -0.3 is 10.2 Å². The van der Waals surface area contributed by atoms with Crippen LogP contribution in [0, 0.1) is 0 Å². The first-order chi connectivity index (χ1) is 13.1. The second-order valence-electron chi connectivity index (χ2n) is 5.74. The summed E-state index contributed by atoms with van der Waals surface area (Å²) in [4.78, 5) is 0. The smallest absolute Gasteiger partial charge is 0.119 e. The van der Waals surface area contributed by atoms with E-state index in [1.165, 1.54) is 0 Å². The van der Waals surface area contributed by atoms with Gasteiger partial charge in [0.1, 0.15) is 12.4 Å². The minimum Gasteiger partial charge on any atom is -0.489 e. The number of ether oxygens (including phenoxy) is 1. The molecule has 0 aliphatic heterocycles. The molecule has 0 aliphatic rings. The first kappa shape index (κ1) is 19.6. The van der Waals surface area contributed by atoms with Crippen LogP contribution in [0.3, 0.4) is 0 Å². The lowest BCUT2D eigenvalue weighted by atomic mass is 10.2. The Kier molecular flexibility index (Phi) is 6.99. The maximum Gasteiger partial charge on any atom is 0.119 e. The van der Waals surface area contributed by atoms with Crippen molar-refractivity contribution in [1.82, 2.24) is 5.43 Å². The minimum absolute atomic E-state index is 0.424. The van der Waals surface area contributed by atoms with Crippen LogP contribution in [0.25, 0.3) is 0 Å². The van der Waals surface area contributed by atoms with Crippen LogP contribution in [-0.2, 0) is 13.2 Å². The third-order valence-electron chi connectivity index (χ3n) is 3.85. The standard InChI is InChI=1S/C21H17Cl3N2O/c22-19-5-2-1-4-16(19)14-27-17-10-8-15(9-11-17)12-25-26-13-18-20(23)6-3-7-21(18)24/h1-12,26H,13-14H2/b25-12+. The van der Waals surface area contributed by atoms with E-state index in [-0.39, 0.29) is 0 Å². The Morgan fingerprint density at radius 3 is 2.19 bits per heavy atom. The van der Waals surface area contributed by atoms with Gasteiger partial charge in [0.25, 0.3) is 0 Å². The zero-order chi connectivity index (χ0) is 19.1. The lowest BCUT2D eigenvalue weighted by molar-refractivity contribution is 0.306. The molecule has 3 rings (SSSR count). The van der Waals surface area contributed by atoms with Gasteiger partial charge in [-0.2, -0.15) is 5.10 Å². The first-order valence-electron chi connectivity index (χ1n) is 8.28. The average Bonchev–Trinajstić information content (AvgIpc) is 2.67. The third-order valence-corrected chi connectivity index (χ3v) is 4.93. The van der Waals surface area contributed by atoms with Crippen molar-refractivity contribution in [3.63, 3.8) is 0 Å². The van der Waals surface area contributed by atoms with Crippen molar-refractivity contribution < 1.29 is 4.74 Å². The molecule has 3 aromatic carbocycles. The van der Waals surface area contributed by atoms with E-state index in [4.69, 9.17) is 39.5 Å². The summed E-state index contributed by atoms with van der Waals surface area (Å²) in [7, 11) is 0. The van der Waals surface area contributed by atoms with Crippen molar-refractivity contribution in [2.75, 3.05) is 0 Å². The van der Waals surface area contributed by atoms with Gasteiger partial charge in [-0.15, -0.1) is 0 Å². The van der Waals surface area contributed by atoms with Gasteiger partial charge in [-0.1, -0.05) is 59.1 Å². The van der Waals surface area contributed by atoms with E-state index in [2.05, 4.69) is 10.5 Å². The van der Waals surface area contributed by atoms with Gasteiger partial charge in [0, 0.05) is 26.2 Å². The number of nitrogens with zero attached hydrogens (tertiary/aromatic N) is 1. The topological polar surface area (TPSA) is 33.6 Å². The summed E-state index contributed by atoms with van der Waals surface area (Å²) >= 11 is 18.4. The van der Waals surface area contributed by atoms with Crippen molar-refractivity contribution in [2.45, 2.75) is 13.2 Å². The molecule has 0 saturated carbocycles. The van der Waals surface area contributed by atoms with Crippen molar-refractivity contribution in [3.8, 4) is 5.75 Å². The number of hydrogen-bond donors (Lipinski definition) is 1. The van der Waals surface area contributed by atoms with Crippen LogP contribution in [-0.4, -0.2) is 6.21 Å². The monoisotopic (exact) mass is 418 g/mol. The summed E-state index contributed by atoms with van der Waals surface area (Å²) in [6.45, 7) is 0.876. The molecule has 27 heavy (non-hydrogen) atoms. The largest absolute Gasteiger partial charge is 0.489 e. The van der Waals surface area contributed by atoms with Crippen molar-refractivity contribution >= 4 is 41.0 Å². The van der Waals surface area contributed by atoms with Crippen molar-refractivity contribution in [2.24, 2.45) is 5.10 Å². The molecule has 0 saturated heterocycles. The lowest BCUT2D eigenvalue weighted by Crippen LogP contribution is -2.06. The van der Waals surface area contributed by atoms with Crippen LogP contribution in [0.2, 0.25) is 15.1 Å². The van der Waals surface area contributed by atoms with E-state index in [0.29, 0.717) is 28.2 Å². The van der Waals surface area contributed by atoms with E-state index in [9.17, 15) is 0 Å². The summed E-state index contributed by atoms with van der Waals surface area (Å²) in [5.41, 5.74) is 5.67. The van der Waals surface area contributed by atoms with Crippen LogP contribution >= 0.6 is 34.8 Å². The summed E-state index contributed by atoms with van der Waals surface area (Å²) in [5, 5.41) is 6.14. The van der Waals surface area contributed by atoms with Crippen LogP contribution in [0.4, 0.5) is 0 Å². The van der Waals surface area contributed by atoms with Gasteiger partial charge in [-0.25, -0.2) is 0 Å². The molecular weight excluding hydrogens is 403 g/mol. The van der Waals surface area contributed by atoms with Crippen molar-refractivity contribution in [3.05, 3.63) is 98.5 Å². The normalized spacial score (nSPS) is 10.9. The first-order valence-corrected chi connectivity index (χ1v) is 9.42. The Morgan fingerprint density at radius 2 is 1.48 bits per heavy atom. The Labute approximate surface area is 173 Å². The Morgan fingerprint density at radius 1 is 0.815 bits per heavy atom. The molecule has 0 aromatic heterocycles. The van der Waals surface area contributed by atoms with Gasteiger partial charge in [0.15, 0.2) is 0 Å². The lowest BCUT2D eigenvalue weighted by Gasteiger charge is -2.08. The fourth-order valence-corrected chi connectivity index (χ4v) is 3.09. The van der Waals surface area contributed by atoms with E-state index >= 15 is 0 Å². The maximum atomic E-state index is 6.13. The predicted molar refractivity (Wildman–Crippen MR) is 113 cm³/mol. The molecule has 0 spiro atoms. The molecule has 0 heterocycles. The highest BCUT2D eigenvalue weighted by molar-refractivity contribution is 6.36. The zero-order valence-corrected chi connectivity index (χ0v) is 16.6. The molecule has 3 nitrogen and oxygen atoms in total. The highest BCUT2D eigenvalue weighted by Crippen LogP contribution is 2.24. The fourth-order valence-electron chi connectivity index (χ4n) is 2.37. The van der Waals surface area contributed by atoms with Crippen LogP contribution in [0.1, 0.15) is 16.7 Å². The third kappa shape index (κ3) is 5.64. The van der Waals surface area contributed by atoms with E-state index in [0.717, 1.165) is 22.4 Å². The molecule has 1 N–H and O–H groups in total. The van der Waals surface area contributed by atoms with E-state index in [1.807, 2.05) is 54.6 Å². The molecular formula is C21H17Cl3N2O. The zero-order valence-electron chi connectivity index (χ0n) is 14.3. The highest BCUT2D eigenvalue weighted by Gasteiger charge is 2.04. The molecule has 0 atom stereocenters. The fraction of sp³-hybridized carbons (Fsp3) is 0.0952. The van der Waals surface area contributed by atoms with E-state index < -0.39 is 0 Å². The highest BCUT2D eigenvalue weighted by atomic mass is 35.5. The number of hydrogen-bond acceptors (Lipinski definition) is 3. The predicted octanol–water partition coefficient (Wildman–Crippen LogP) is 6.35. The summed E-state index contributed by atoms with van der Waals surface area (Å²) in [6, 6.07) is 20.7. The minimum atomic E-state index is 0.424. The molecule has 3 aromatic rings.